The molecule has 2 aliphatic rings. The van der Waals surface area contributed by atoms with E-state index < -0.39 is 11.8 Å². The topological polar surface area (TPSA) is 111 Å². The van der Waals surface area contributed by atoms with Gasteiger partial charge >= 0.3 is 6.03 Å². The number of anilines is 1. The quantitative estimate of drug-likeness (QED) is 0.647. The molecule has 1 aromatic carbocycles. The van der Waals surface area contributed by atoms with Gasteiger partial charge in [0.05, 0.1) is 5.92 Å². The van der Waals surface area contributed by atoms with E-state index >= 15 is 0 Å². The van der Waals surface area contributed by atoms with Gasteiger partial charge in [0.25, 0.3) is 5.91 Å². The lowest BCUT2D eigenvalue weighted by Gasteiger charge is -2.32. The summed E-state index contributed by atoms with van der Waals surface area (Å²) in [5.74, 6) is -1.18. The molecule has 0 spiro atoms. The molecule has 162 valence electrons. The van der Waals surface area contributed by atoms with Crippen LogP contribution in [0.5, 0.6) is 0 Å². The van der Waals surface area contributed by atoms with E-state index in [0.717, 1.165) is 19.3 Å². The number of nitrogens with zero attached hydrogens (tertiary/aromatic N) is 2. The maximum absolute atomic E-state index is 12.5. The maximum atomic E-state index is 12.5. The molecule has 2 heterocycles. The standard InChI is InChI=1S/C21H29N5O4/c27-18(15-25-12-6-2-5-11-19(25)28)23-24-20(29)16-8-7-13-26(14-16)21(30)22-17-9-3-1-4-10-17/h1,3-4,9-10,16H,2,5-8,11-15H2,(H,22,30)(H,23,27)(H,24,29)/t16-/m0/s1. The molecule has 1 aromatic rings. The number of hydrogen-bond acceptors (Lipinski definition) is 4. The molecule has 1 atom stereocenters. The van der Waals surface area contributed by atoms with Gasteiger partial charge in [0, 0.05) is 31.7 Å². The third-order valence-electron chi connectivity index (χ3n) is 5.44. The first kappa shape index (κ1) is 21.6. The van der Waals surface area contributed by atoms with E-state index in [-0.39, 0.29) is 30.9 Å². The molecule has 0 saturated carbocycles. The van der Waals surface area contributed by atoms with E-state index in [4.69, 9.17) is 0 Å². The Morgan fingerprint density at radius 2 is 1.77 bits per heavy atom. The Morgan fingerprint density at radius 1 is 0.967 bits per heavy atom. The fourth-order valence-corrected chi connectivity index (χ4v) is 3.75. The second-order valence-corrected chi connectivity index (χ2v) is 7.74. The normalized spacial score (nSPS) is 19.6. The molecule has 0 aliphatic carbocycles. The van der Waals surface area contributed by atoms with E-state index in [0.29, 0.717) is 38.0 Å². The highest BCUT2D eigenvalue weighted by atomic mass is 16.2. The van der Waals surface area contributed by atoms with Crippen molar-refractivity contribution in [2.45, 2.75) is 38.5 Å². The molecule has 0 unspecified atom stereocenters. The summed E-state index contributed by atoms with van der Waals surface area (Å²) < 4.78 is 0. The lowest BCUT2D eigenvalue weighted by Crippen LogP contribution is -2.52. The molecule has 2 fully saturated rings. The molecule has 2 aliphatic heterocycles. The molecule has 0 bridgehead atoms. The van der Waals surface area contributed by atoms with E-state index in [9.17, 15) is 19.2 Å². The molecule has 3 N–H and O–H groups in total. The minimum absolute atomic E-state index is 0.0265. The summed E-state index contributed by atoms with van der Waals surface area (Å²) in [7, 11) is 0. The fraction of sp³-hybridized carbons (Fsp3) is 0.524. The van der Waals surface area contributed by atoms with E-state index in [1.165, 1.54) is 4.90 Å². The number of benzene rings is 1. The Labute approximate surface area is 176 Å². The van der Waals surface area contributed by atoms with Gasteiger partial charge in [-0.25, -0.2) is 4.79 Å². The van der Waals surface area contributed by atoms with Gasteiger partial charge < -0.3 is 15.1 Å². The van der Waals surface area contributed by atoms with Crippen molar-refractivity contribution >= 4 is 29.4 Å². The van der Waals surface area contributed by atoms with Crippen LogP contribution in [0.1, 0.15) is 38.5 Å². The van der Waals surface area contributed by atoms with Gasteiger partial charge in [0.2, 0.25) is 11.8 Å². The number of hydrogen-bond donors (Lipinski definition) is 3. The summed E-state index contributed by atoms with van der Waals surface area (Å²) in [5, 5.41) is 2.82. The molecular weight excluding hydrogens is 386 g/mol. The first-order valence-corrected chi connectivity index (χ1v) is 10.5. The summed E-state index contributed by atoms with van der Waals surface area (Å²) >= 11 is 0. The average molecular weight is 415 g/mol. The van der Waals surface area contributed by atoms with Crippen LogP contribution in [0.3, 0.4) is 0 Å². The average Bonchev–Trinajstić information content (AvgIpc) is 2.97. The number of piperidine rings is 1. The van der Waals surface area contributed by atoms with Gasteiger partial charge in [-0.3, -0.25) is 25.2 Å². The van der Waals surface area contributed by atoms with Crippen LogP contribution in [0.25, 0.3) is 0 Å². The number of carbonyl (C=O) groups excluding carboxylic acids is 4. The Balaban J connectivity index is 1.43. The molecule has 9 heteroatoms. The number of nitrogens with one attached hydrogen (secondary N) is 3. The number of urea groups is 1. The molecule has 5 amide bonds. The third-order valence-corrected chi connectivity index (χ3v) is 5.44. The number of carbonyl (C=O) groups is 4. The van der Waals surface area contributed by atoms with Gasteiger partial charge in [-0.15, -0.1) is 0 Å². The Kier molecular flexibility index (Phi) is 7.64. The van der Waals surface area contributed by atoms with Crippen molar-refractivity contribution < 1.29 is 19.2 Å². The third kappa shape index (κ3) is 6.20. The van der Waals surface area contributed by atoms with Crippen LogP contribution in [0.2, 0.25) is 0 Å². The summed E-state index contributed by atoms with van der Waals surface area (Å²) in [6.07, 6.45) is 4.52. The lowest BCUT2D eigenvalue weighted by molar-refractivity contribution is -0.137. The van der Waals surface area contributed by atoms with Gasteiger partial charge in [0.1, 0.15) is 6.54 Å². The van der Waals surface area contributed by atoms with E-state index in [2.05, 4.69) is 16.2 Å². The van der Waals surface area contributed by atoms with Crippen molar-refractivity contribution in [2.24, 2.45) is 5.92 Å². The molecule has 30 heavy (non-hydrogen) atoms. The Hall–Kier alpha value is -3.10. The van der Waals surface area contributed by atoms with Crippen LogP contribution in [0.4, 0.5) is 10.5 Å². The van der Waals surface area contributed by atoms with Crippen LogP contribution < -0.4 is 16.2 Å². The van der Waals surface area contributed by atoms with Gasteiger partial charge in [-0.05, 0) is 37.8 Å². The van der Waals surface area contributed by atoms with Gasteiger partial charge in [-0.1, -0.05) is 24.6 Å². The van der Waals surface area contributed by atoms with Crippen LogP contribution in [0.15, 0.2) is 30.3 Å². The monoisotopic (exact) mass is 415 g/mol. The predicted molar refractivity (Wildman–Crippen MR) is 111 cm³/mol. The lowest BCUT2D eigenvalue weighted by atomic mass is 9.98. The molecule has 0 radical (unpaired) electrons. The summed E-state index contributed by atoms with van der Waals surface area (Å²) in [5.41, 5.74) is 5.55. The Bertz CT molecular complexity index is 770. The minimum atomic E-state index is -0.423. The maximum Gasteiger partial charge on any atom is 0.321 e. The number of hydrazine groups is 1. The molecule has 9 nitrogen and oxygen atoms in total. The number of likely N-dealkylation sites (tertiary alicyclic amines) is 2. The number of amides is 5. The van der Waals surface area contributed by atoms with Crippen LogP contribution in [-0.4, -0.2) is 59.7 Å². The minimum Gasteiger partial charge on any atom is -0.333 e. The second-order valence-electron chi connectivity index (χ2n) is 7.74. The first-order valence-electron chi connectivity index (χ1n) is 10.5. The van der Waals surface area contributed by atoms with Crippen LogP contribution in [-0.2, 0) is 14.4 Å². The van der Waals surface area contributed by atoms with Crippen molar-refractivity contribution in [1.29, 1.82) is 0 Å². The van der Waals surface area contributed by atoms with Crippen molar-refractivity contribution in [3.8, 4) is 0 Å². The van der Waals surface area contributed by atoms with Crippen LogP contribution >= 0.6 is 0 Å². The number of rotatable bonds is 4. The van der Waals surface area contributed by atoms with Gasteiger partial charge in [0.15, 0.2) is 0 Å². The zero-order chi connectivity index (χ0) is 21.3. The SMILES string of the molecule is O=C(CN1CCCCCC1=O)NNC(=O)[C@H]1CCCN(C(=O)Nc2ccccc2)C1. The van der Waals surface area contributed by atoms with E-state index in [1.807, 2.05) is 18.2 Å². The van der Waals surface area contributed by atoms with E-state index in [1.54, 1.807) is 17.0 Å². The van der Waals surface area contributed by atoms with Crippen molar-refractivity contribution in [3.05, 3.63) is 30.3 Å². The van der Waals surface area contributed by atoms with Crippen molar-refractivity contribution in [2.75, 3.05) is 31.5 Å². The van der Waals surface area contributed by atoms with Gasteiger partial charge in [-0.2, -0.15) is 0 Å². The fourth-order valence-electron chi connectivity index (χ4n) is 3.75. The predicted octanol–water partition coefficient (Wildman–Crippen LogP) is 1.48. The molecule has 3 rings (SSSR count). The van der Waals surface area contributed by atoms with Crippen LogP contribution in [0, 0.1) is 5.92 Å². The highest BCUT2D eigenvalue weighted by Gasteiger charge is 2.29. The largest absolute Gasteiger partial charge is 0.333 e. The zero-order valence-corrected chi connectivity index (χ0v) is 17.1. The number of para-hydroxylation sites is 1. The smallest absolute Gasteiger partial charge is 0.321 e. The van der Waals surface area contributed by atoms with Crippen molar-refractivity contribution in [1.82, 2.24) is 20.7 Å². The molecule has 0 aromatic heterocycles. The molecule has 2 saturated heterocycles. The second kappa shape index (κ2) is 10.6. The highest BCUT2D eigenvalue weighted by molar-refractivity contribution is 5.90. The van der Waals surface area contributed by atoms with Crippen molar-refractivity contribution in [3.63, 3.8) is 0 Å². The Morgan fingerprint density at radius 3 is 2.57 bits per heavy atom. The summed E-state index contributed by atoms with van der Waals surface area (Å²) in [6, 6.07) is 8.90. The zero-order valence-electron chi connectivity index (χ0n) is 17.1. The highest BCUT2D eigenvalue weighted by Crippen LogP contribution is 2.18. The first-order chi connectivity index (χ1) is 14.5. The molecular formula is C21H29N5O4. The summed E-state index contributed by atoms with van der Waals surface area (Å²) in [4.78, 5) is 52.2. The summed E-state index contributed by atoms with van der Waals surface area (Å²) in [6.45, 7) is 1.36.